The number of aliphatic hydroxyl groups excluding tert-OH is 1. The topological polar surface area (TPSA) is 113 Å². The normalized spacial score (nSPS) is 19.9. The summed E-state index contributed by atoms with van der Waals surface area (Å²) in [6.07, 6.45) is 6.28. The monoisotopic (exact) mass is 615 g/mol. The molecule has 2 atom stereocenters. The molecular formula is C30H26F5N5O4. The smallest absolute Gasteiger partial charge is 0.388 e. The summed E-state index contributed by atoms with van der Waals surface area (Å²) in [5, 5.41) is 22.4. The van der Waals surface area contributed by atoms with E-state index >= 15 is 4.39 Å². The van der Waals surface area contributed by atoms with E-state index in [1.807, 2.05) is 4.90 Å². The Morgan fingerprint density at radius 1 is 1.18 bits per heavy atom. The first kappa shape index (κ1) is 29.6. The largest absolute Gasteiger partial charge is 0.508 e. The number of pyridine rings is 1. The summed E-state index contributed by atoms with van der Waals surface area (Å²) in [6, 6.07) is 4.38. The second kappa shape index (κ2) is 11.5. The van der Waals surface area contributed by atoms with Crippen LogP contribution in [0.4, 0.5) is 27.8 Å². The highest BCUT2D eigenvalue weighted by Gasteiger charge is 2.49. The van der Waals surface area contributed by atoms with Gasteiger partial charge in [0.05, 0.1) is 17.7 Å². The number of terminal acetylenes is 1. The minimum atomic E-state index is -3.41. The zero-order valence-corrected chi connectivity index (χ0v) is 23.1. The van der Waals surface area contributed by atoms with E-state index in [0.29, 0.717) is 13.0 Å². The van der Waals surface area contributed by atoms with Crippen LogP contribution in [-0.4, -0.2) is 81.2 Å². The Morgan fingerprint density at radius 2 is 2.00 bits per heavy atom. The van der Waals surface area contributed by atoms with Crippen molar-refractivity contribution in [2.75, 3.05) is 38.2 Å². The van der Waals surface area contributed by atoms with Crippen LogP contribution in [0, 0.1) is 24.0 Å². The highest BCUT2D eigenvalue weighted by Crippen LogP contribution is 2.43. The fraction of sp³-hybridized carbons (Fsp3) is 0.367. The third-order valence-corrected chi connectivity index (χ3v) is 8.02. The van der Waals surface area contributed by atoms with Gasteiger partial charge < -0.3 is 25.0 Å². The molecule has 0 aliphatic carbocycles. The zero-order valence-electron chi connectivity index (χ0n) is 23.1. The van der Waals surface area contributed by atoms with Crippen molar-refractivity contribution < 1.29 is 41.6 Å². The molecule has 0 radical (unpaired) electrons. The number of fused-ring (bicyclic) bond motifs is 3. The standard InChI is InChI=1S/C30H26F5N5O4/c1-2-18-20(32)5-4-15-10-17(42)11-19(21(15)18)24-23(33)25-22(27(37-24)44-28(34)35)26(36-7-9-41)39-29(38-25)43-14-30-6-3-8-40(30)13-16(31)12-30/h1,4-5,10-11,16,28,41-42H,3,6-9,12-14H2,(H,36,38,39)/t16-,30+/m1/s1. The maximum absolute atomic E-state index is 16.5. The van der Waals surface area contributed by atoms with Gasteiger partial charge in [-0.15, -0.1) is 6.42 Å². The van der Waals surface area contributed by atoms with Crippen molar-refractivity contribution in [2.24, 2.45) is 0 Å². The molecule has 3 N–H and O–H groups in total. The molecule has 14 heteroatoms. The number of aromatic hydroxyl groups is 1. The molecule has 0 unspecified atom stereocenters. The number of aromatic nitrogens is 3. The fourth-order valence-electron chi connectivity index (χ4n) is 6.24. The molecule has 4 heterocycles. The van der Waals surface area contributed by atoms with E-state index in [9.17, 15) is 27.8 Å². The van der Waals surface area contributed by atoms with E-state index in [-0.39, 0.29) is 71.0 Å². The van der Waals surface area contributed by atoms with Crippen LogP contribution in [-0.2, 0) is 0 Å². The Hall–Kier alpha value is -4.48. The molecule has 6 rings (SSSR count). The Labute approximate surface area is 247 Å². The SMILES string of the molecule is C#Cc1c(F)ccc2cc(O)cc(-c3nc(OC(F)F)c4c(NCCO)nc(OC[C@@]56CCCN5C[C@H](F)C6)nc4c3F)c12. The molecule has 0 saturated carbocycles. The number of benzene rings is 2. The molecule has 2 aromatic carbocycles. The summed E-state index contributed by atoms with van der Waals surface area (Å²) in [5.74, 6) is -1.14. The first-order chi connectivity index (χ1) is 21.1. The predicted molar refractivity (Wildman–Crippen MR) is 151 cm³/mol. The van der Waals surface area contributed by atoms with Crippen LogP contribution in [0.3, 0.4) is 0 Å². The Kier molecular flexibility index (Phi) is 7.77. The molecule has 2 aliphatic rings. The summed E-state index contributed by atoms with van der Waals surface area (Å²) in [6.45, 7) is -2.98. The van der Waals surface area contributed by atoms with Gasteiger partial charge in [0.1, 0.15) is 46.8 Å². The Morgan fingerprint density at radius 3 is 2.75 bits per heavy atom. The van der Waals surface area contributed by atoms with Gasteiger partial charge >= 0.3 is 12.6 Å². The predicted octanol–water partition coefficient (Wildman–Crippen LogP) is 4.77. The van der Waals surface area contributed by atoms with Gasteiger partial charge in [0.2, 0.25) is 5.88 Å². The lowest BCUT2D eigenvalue weighted by Gasteiger charge is -2.30. The Balaban J connectivity index is 1.57. The number of halogens is 5. The van der Waals surface area contributed by atoms with E-state index in [1.54, 1.807) is 0 Å². The number of phenolic OH excluding ortho intramolecular Hbond substituents is 1. The summed E-state index contributed by atoms with van der Waals surface area (Å²) in [5.41, 5.74) is -2.25. The maximum atomic E-state index is 16.5. The summed E-state index contributed by atoms with van der Waals surface area (Å²) in [4.78, 5) is 14.4. The van der Waals surface area contributed by atoms with Gasteiger partial charge in [-0.1, -0.05) is 12.0 Å². The summed E-state index contributed by atoms with van der Waals surface area (Å²) < 4.78 is 83.5. The second-order valence-electron chi connectivity index (χ2n) is 10.7. The first-order valence-corrected chi connectivity index (χ1v) is 13.8. The van der Waals surface area contributed by atoms with Crippen LogP contribution in [0.15, 0.2) is 24.3 Å². The minimum absolute atomic E-state index is 0.00867. The molecule has 0 amide bonds. The number of hydrogen-bond donors (Lipinski definition) is 3. The summed E-state index contributed by atoms with van der Waals surface area (Å²) >= 11 is 0. The van der Waals surface area contributed by atoms with Crippen molar-refractivity contribution in [3.8, 4) is 41.2 Å². The number of ether oxygens (including phenoxy) is 2. The molecular weight excluding hydrogens is 589 g/mol. The summed E-state index contributed by atoms with van der Waals surface area (Å²) in [7, 11) is 0. The van der Waals surface area contributed by atoms with Crippen LogP contribution in [0.25, 0.3) is 32.9 Å². The molecule has 4 aromatic rings. The number of nitrogens with zero attached hydrogens (tertiary/aromatic N) is 4. The molecule has 44 heavy (non-hydrogen) atoms. The first-order valence-electron chi connectivity index (χ1n) is 13.8. The van der Waals surface area contributed by atoms with Gasteiger partial charge in [0.25, 0.3) is 0 Å². The van der Waals surface area contributed by atoms with E-state index in [1.165, 1.54) is 12.1 Å². The number of anilines is 1. The molecule has 2 aromatic heterocycles. The number of phenols is 1. The van der Waals surface area contributed by atoms with Crippen LogP contribution >= 0.6 is 0 Å². The zero-order chi connectivity index (χ0) is 31.2. The van der Waals surface area contributed by atoms with E-state index < -0.39 is 53.7 Å². The van der Waals surface area contributed by atoms with E-state index in [0.717, 1.165) is 18.6 Å². The van der Waals surface area contributed by atoms with Gasteiger partial charge in [0, 0.05) is 30.5 Å². The van der Waals surface area contributed by atoms with Gasteiger partial charge in [0.15, 0.2) is 5.82 Å². The number of aliphatic hydroxyl groups is 1. The van der Waals surface area contributed by atoms with Gasteiger partial charge in [-0.25, -0.2) is 18.2 Å². The molecule has 0 spiro atoms. The van der Waals surface area contributed by atoms with Crippen LogP contribution in [0.1, 0.15) is 24.8 Å². The maximum Gasteiger partial charge on any atom is 0.388 e. The number of hydrogen-bond acceptors (Lipinski definition) is 9. The van der Waals surface area contributed by atoms with Crippen molar-refractivity contribution in [3.05, 3.63) is 41.5 Å². The molecule has 0 bridgehead atoms. The molecule has 9 nitrogen and oxygen atoms in total. The van der Waals surface area contributed by atoms with E-state index in [4.69, 9.17) is 11.2 Å². The number of rotatable bonds is 9. The van der Waals surface area contributed by atoms with Gasteiger partial charge in [-0.05, 0) is 43.0 Å². The van der Waals surface area contributed by atoms with Crippen molar-refractivity contribution in [3.63, 3.8) is 0 Å². The average molecular weight is 616 g/mol. The number of nitrogens with one attached hydrogen (secondary N) is 1. The lowest BCUT2D eigenvalue weighted by molar-refractivity contribution is -0.0516. The van der Waals surface area contributed by atoms with Crippen molar-refractivity contribution in [2.45, 2.75) is 37.6 Å². The van der Waals surface area contributed by atoms with Crippen LogP contribution in [0.5, 0.6) is 17.6 Å². The van der Waals surface area contributed by atoms with Crippen molar-refractivity contribution in [1.82, 2.24) is 19.9 Å². The molecule has 230 valence electrons. The van der Waals surface area contributed by atoms with Crippen LogP contribution in [0.2, 0.25) is 0 Å². The number of alkyl halides is 3. The molecule has 2 saturated heterocycles. The third-order valence-electron chi connectivity index (χ3n) is 8.02. The van der Waals surface area contributed by atoms with Gasteiger partial charge in [-0.2, -0.15) is 18.7 Å². The van der Waals surface area contributed by atoms with Crippen molar-refractivity contribution >= 4 is 27.5 Å². The Bertz CT molecular complexity index is 1800. The third kappa shape index (κ3) is 5.16. The minimum Gasteiger partial charge on any atom is -0.508 e. The highest BCUT2D eigenvalue weighted by molar-refractivity contribution is 6.04. The molecule has 2 aliphatic heterocycles. The second-order valence-corrected chi connectivity index (χ2v) is 10.7. The van der Waals surface area contributed by atoms with E-state index in [2.05, 4.69) is 30.9 Å². The lowest BCUT2D eigenvalue weighted by atomic mass is 9.95. The lowest BCUT2D eigenvalue weighted by Crippen LogP contribution is -2.43. The van der Waals surface area contributed by atoms with Crippen molar-refractivity contribution in [1.29, 1.82) is 0 Å². The quantitative estimate of drug-likeness (QED) is 0.181. The van der Waals surface area contributed by atoms with Gasteiger partial charge in [-0.3, -0.25) is 4.90 Å². The van der Waals surface area contributed by atoms with Crippen LogP contribution < -0.4 is 14.8 Å². The molecule has 2 fully saturated rings. The average Bonchev–Trinajstić information content (AvgIpc) is 3.51. The highest BCUT2D eigenvalue weighted by atomic mass is 19.3. The fourth-order valence-corrected chi connectivity index (χ4v) is 6.24.